The molecule has 44 heavy (non-hydrogen) atoms. The van der Waals surface area contributed by atoms with E-state index in [4.69, 9.17) is 11.6 Å². The molecule has 6 rings (SSSR count). The number of halogens is 3. The van der Waals surface area contributed by atoms with Crippen LogP contribution >= 0.6 is 36.4 Å². The van der Waals surface area contributed by atoms with Gasteiger partial charge in [0, 0.05) is 0 Å². The summed E-state index contributed by atoms with van der Waals surface area (Å²) in [6, 6.07) is 35.9. The Labute approximate surface area is 300 Å². The van der Waals surface area contributed by atoms with Crippen LogP contribution in [0.15, 0.2) is 97.1 Å². The number of benzene rings is 4. The first-order valence-corrected chi connectivity index (χ1v) is 16.4. The van der Waals surface area contributed by atoms with Crippen LogP contribution in [0, 0.1) is 31.2 Å². The summed E-state index contributed by atoms with van der Waals surface area (Å²) in [4.78, 5) is 0. The van der Waals surface area contributed by atoms with Crippen LogP contribution in [0.2, 0.25) is 5.02 Å². The second-order valence-electron chi connectivity index (χ2n) is 12.1. The molecule has 0 heterocycles. The van der Waals surface area contributed by atoms with Crippen LogP contribution in [0.25, 0.3) is 11.1 Å². The first kappa shape index (κ1) is 42.0. The molecule has 4 aromatic carbocycles. The van der Waals surface area contributed by atoms with Crippen LogP contribution in [-0.4, -0.2) is 4.21 Å². The van der Waals surface area contributed by atoms with Gasteiger partial charge in [0.1, 0.15) is 0 Å². The molecular weight excluding hydrogens is 678 g/mol. The Hall–Kier alpha value is -2.02. The minimum atomic E-state index is 0. The number of allylic oxidation sites excluding steroid dienone is 4. The molecular formula is C40H45Cl3Zr-4. The molecule has 0 fully saturated rings. The Morgan fingerprint density at radius 3 is 1.68 bits per heavy atom. The molecule has 0 radical (unpaired) electrons. The molecule has 4 heteroatoms. The van der Waals surface area contributed by atoms with E-state index in [9.17, 15) is 0 Å². The fourth-order valence-corrected chi connectivity index (χ4v) is 4.29. The standard InChI is InChI=1S/C21H25.C7H7.C6H4Cl.C5H5.CH2.2ClH.Zr/c1-20(2,3)16-9-7-14-11-15-8-10-17(21(4,5)6)13-19(15)18(14)12-16;1-7-5-3-2-4-6-7;7-6-4-2-1-3-5-6;1-2-4-5-3-1;;;;/h7,9-10,12-13H,11H2,1-6H3;3-6H,1H3;2-5H;1-3H,4H2;1H2;2*1H;/q4*-1;;;;. The first-order valence-electron chi connectivity index (χ1n) is 14.3. The number of aryl methyl sites for hydroxylation is 1. The second kappa shape index (κ2) is 20.9. The van der Waals surface area contributed by atoms with Gasteiger partial charge in [-0.1, -0.05) is 88.2 Å². The third kappa shape index (κ3) is 14.4. The zero-order valence-corrected chi connectivity index (χ0v) is 31.9. The summed E-state index contributed by atoms with van der Waals surface area (Å²) in [5.41, 5.74) is 10.1. The van der Waals surface area contributed by atoms with Gasteiger partial charge in [0.05, 0.1) is 0 Å². The molecule has 2 aliphatic carbocycles. The molecule has 0 aromatic heterocycles. The number of rotatable bonds is 0. The zero-order chi connectivity index (χ0) is 31.2. The Balaban J connectivity index is 0.000000658. The van der Waals surface area contributed by atoms with Crippen LogP contribution in [-0.2, 0) is 41.5 Å². The summed E-state index contributed by atoms with van der Waals surface area (Å²) in [5.74, 6) is 0. The quantitative estimate of drug-likeness (QED) is 0.140. The molecule has 234 valence electrons. The molecule has 0 aliphatic heterocycles. The van der Waals surface area contributed by atoms with Gasteiger partial charge in [0.2, 0.25) is 0 Å². The normalized spacial score (nSPS) is 11.5. The molecule has 0 bridgehead atoms. The zero-order valence-electron chi connectivity index (χ0n) is 27.1. The summed E-state index contributed by atoms with van der Waals surface area (Å²) < 4.78 is 3.34. The van der Waals surface area contributed by atoms with Crippen LogP contribution < -0.4 is 0 Å². The number of hydrogen-bond donors (Lipinski definition) is 0. The average molecular weight is 723 g/mol. The Bertz CT molecular complexity index is 1320. The van der Waals surface area contributed by atoms with Gasteiger partial charge < -0.3 is 0 Å². The van der Waals surface area contributed by atoms with Crippen LogP contribution in [0.4, 0.5) is 0 Å². The van der Waals surface area contributed by atoms with Crippen LogP contribution in [0.5, 0.6) is 0 Å². The fraction of sp³-hybridized carbons (Fsp3) is 0.275. The van der Waals surface area contributed by atoms with Crippen LogP contribution in [0.3, 0.4) is 0 Å². The average Bonchev–Trinajstić information content (AvgIpc) is 3.66. The maximum absolute atomic E-state index is 5.52. The van der Waals surface area contributed by atoms with E-state index in [2.05, 4.69) is 113 Å². The molecule has 0 nitrogen and oxygen atoms in total. The van der Waals surface area contributed by atoms with E-state index in [1.54, 1.807) is 24.3 Å². The van der Waals surface area contributed by atoms with E-state index < -0.39 is 0 Å². The Morgan fingerprint density at radius 1 is 0.750 bits per heavy atom. The van der Waals surface area contributed by atoms with E-state index in [0.29, 0.717) is 0 Å². The molecule has 0 saturated carbocycles. The van der Waals surface area contributed by atoms with E-state index >= 15 is 0 Å². The monoisotopic (exact) mass is 720 g/mol. The van der Waals surface area contributed by atoms with E-state index in [-0.39, 0.29) is 35.6 Å². The summed E-state index contributed by atoms with van der Waals surface area (Å²) in [6.07, 6.45) is 11.0. The summed E-state index contributed by atoms with van der Waals surface area (Å²) in [6.45, 7) is 15.7. The van der Waals surface area contributed by atoms with E-state index in [1.165, 1.54) is 63.2 Å². The topological polar surface area (TPSA) is 0 Å². The number of fused-ring (bicyclic) bond motifs is 3. The molecule has 2 aliphatic rings. The molecule has 0 amide bonds. The second-order valence-corrected chi connectivity index (χ2v) is 12.6. The van der Waals surface area contributed by atoms with Crippen LogP contribution in [0.1, 0.15) is 75.8 Å². The third-order valence-corrected chi connectivity index (χ3v) is 6.93. The molecule has 0 unspecified atom stereocenters. The van der Waals surface area contributed by atoms with Gasteiger partial charge in [-0.2, -0.15) is 102 Å². The van der Waals surface area contributed by atoms with E-state index in [1.807, 2.05) is 36.4 Å². The van der Waals surface area contributed by atoms with Gasteiger partial charge in [-0.25, -0.2) is 12.2 Å². The van der Waals surface area contributed by atoms with Crippen molar-refractivity contribution < 1.29 is 24.2 Å². The van der Waals surface area contributed by atoms with Crippen molar-refractivity contribution in [1.82, 2.24) is 0 Å². The Kier molecular flexibility index (Phi) is 19.9. The van der Waals surface area contributed by atoms with Gasteiger partial charge in [0.25, 0.3) is 0 Å². The maximum atomic E-state index is 5.52. The summed E-state index contributed by atoms with van der Waals surface area (Å²) in [7, 11) is 0. The SMILES string of the molecule is CC(C)(C)c1c[c-]c2c(c1)-c1cc(C(C)(C)C)ccc1C2.Cc1cc[c-]cc1.Cl.Cl.Clc1cc[c-]cc1.[C-]1=CC=CC1.[CH2]=[Zr]. The molecule has 0 spiro atoms. The van der Waals surface area contributed by atoms with Gasteiger partial charge in [-0.15, -0.1) is 48.4 Å². The summed E-state index contributed by atoms with van der Waals surface area (Å²) >= 11 is 6.82. The van der Waals surface area contributed by atoms with Gasteiger partial charge in [-0.05, 0) is 17.4 Å². The van der Waals surface area contributed by atoms with E-state index in [0.717, 1.165) is 17.9 Å². The first-order chi connectivity index (χ1) is 19.9. The van der Waals surface area contributed by atoms with Crippen molar-refractivity contribution in [3.8, 4) is 11.1 Å². The van der Waals surface area contributed by atoms with Crippen molar-refractivity contribution >= 4 is 40.6 Å². The molecule has 0 atom stereocenters. The van der Waals surface area contributed by atoms with Crippen molar-refractivity contribution in [3.05, 3.63) is 154 Å². The van der Waals surface area contributed by atoms with Gasteiger partial charge in [0.15, 0.2) is 0 Å². The molecule has 0 N–H and O–H groups in total. The van der Waals surface area contributed by atoms with Crippen molar-refractivity contribution in [1.29, 1.82) is 0 Å². The van der Waals surface area contributed by atoms with Crippen molar-refractivity contribution in [2.75, 3.05) is 0 Å². The molecule has 4 aromatic rings. The van der Waals surface area contributed by atoms with Crippen molar-refractivity contribution in [2.24, 2.45) is 0 Å². The third-order valence-electron chi connectivity index (χ3n) is 6.67. The van der Waals surface area contributed by atoms with Crippen molar-refractivity contribution in [3.63, 3.8) is 0 Å². The van der Waals surface area contributed by atoms with Gasteiger partial charge >= 0.3 is 28.4 Å². The van der Waals surface area contributed by atoms with Gasteiger partial charge in [-0.3, -0.25) is 6.08 Å². The van der Waals surface area contributed by atoms with Crippen molar-refractivity contribution in [2.45, 2.75) is 72.1 Å². The molecule has 0 saturated heterocycles. The predicted molar refractivity (Wildman–Crippen MR) is 194 cm³/mol. The Morgan fingerprint density at radius 2 is 1.30 bits per heavy atom. The summed E-state index contributed by atoms with van der Waals surface area (Å²) in [5, 5.41) is 0.763. The minimum absolute atomic E-state index is 0. The number of hydrogen-bond acceptors (Lipinski definition) is 0. The fourth-order valence-electron chi connectivity index (χ4n) is 4.16. The predicted octanol–water partition coefficient (Wildman–Crippen LogP) is 11.7.